The van der Waals surface area contributed by atoms with E-state index in [1.54, 1.807) is 12.1 Å². The summed E-state index contributed by atoms with van der Waals surface area (Å²) in [5.74, 6) is -1.86. The Labute approximate surface area is 153 Å². The van der Waals surface area contributed by atoms with Gasteiger partial charge in [0.2, 0.25) is 0 Å². The average molecular weight is 364 g/mol. The second kappa shape index (κ2) is 5.01. The predicted octanol–water partition coefficient (Wildman–Crippen LogP) is 3.10. The number of hydrogen-bond acceptors (Lipinski definition) is 6. The van der Waals surface area contributed by atoms with E-state index in [1.165, 1.54) is 24.3 Å². The molecule has 27 heavy (non-hydrogen) atoms. The molecule has 3 aliphatic rings. The Bertz CT molecular complexity index is 1130. The first-order chi connectivity index (χ1) is 12.8. The fourth-order valence-corrected chi connectivity index (χ4v) is 4.67. The van der Waals surface area contributed by atoms with Crippen molar-refractivity contribution in [1.82, 2.24) is 0 Å². The highest BCUT2D eigenvalue weighted by atomic mass is 16.3. The highest BCUT2D eigenvalue weighted by Crippen LogP contribution is 2.58. The first-order valence-electron chi connectivity index (χ1n) is 8.51. The number of benzene rings is 3. The zero-order valence-electron chi connectivity index (χ0n) is 14.0. The van der Waals surface area contributed by atoms with Gasteiger partial charge in [-0.1, -0.05) is 0 Å². The van der Waals surface area contributed by atoms with Crippen molar-refractivity contribution in [3.63, 3.8) is 0 Å². The molecule has 3 aromatic rings. The summed E-state index contributed by atoms with van der Waals surface area (Å²) in [5, 5.41) is 61.2. The zero-order valence-corrected chi connectivity index (χ0v) is 14.0. The standard InChI is InChI=1S/C21H16O6/c22-9-1-8-2-12-11-6-15(24)16(25)7-13(11)21(19(8)17(26)4-9)14-3-10(23)5-18(27)20(12)14/h1,3-7,12,21-27H,2H2. The van der Waals surface area contributed by atoms with Crippen molar-refractivity contribution < 1.29 is 30.6 Å². The molecule has 6 heteroatoms. The maximum Gasteiger partial charge on any atom is 0.157 e. The Kier molecular flexibility index (Phi) is 2.91. The van der Waals surface area contributed by atoms with Crippen LogP contribution in [-0.2, 0) is 6.42 Å². The lowest BCUT2D eigenvalue weighted by molar-refractivity contribution is 0.401. The highest BCUT2D eigenvalue weighted by molar-refractivity contribution is 5.70. The van der Waals surface area contributed by atoms with Crippen molar-refractivity contribution in [2.24, 2.45) is 0 Å². The van der Waals surface area contributed by atoms with Crippen LogP contribution in [0.15, 0.2) is 36.4 Å². The molecule has 2 bridgehead atoms. The van der Waals surface area contributed by atoms with Crippen LogP contribution in [0.1, 0.15) is 45.2 Å². The van der Waals surface area contributed by atoms with E-state index >= 15 is 0 Å². The summed E-state index contributed by atoms with van der Waals surface area (Å²) in [4.78, 5) is 0. The van der Waals surface area contributed by atoms with Crippen LogP contribution in [0.25, 0.3) is 0 Å². The van der Waals surface area contributed by atoms with Crippen molar-refractivity contribution in [3.8, 4) is 34.5 Å². The average Bonchev–Trinajstić information content (AvgIpc) is 2.79. The number of rotatable bonds is 0. The number of aromatic hydroxyl groups is 6. The molecule has 3 aliphatic carbocycles. The van der Waals surface area contributed by atoms with Crippen LogP contribution < -0.4 is 0 Å². The van der Waals surface area contributed by atoms with Crippen molar-refractivity contribution >= 4 is 0 Å². The fourth-order valence-electron chi connectivity index (χ4n) is 4.67. The molecule has 0 saturated heterocycles. The van der Waals surface area contributed by atoms with Gasteiger partial charge in [0.1, 0.15) is 23.0 Å². The molecule has 0 heterocycles. The van der Waals surface area contributed by atoms with E-state index in [9.17, 15) is 30.6 Å². The minimum absolute atomic E-state index is 0.0709. The van der Waals surface area contributed by atoms with E-state index in [4.69, 9.17) is 0 Å². The largest absolute Gasteiger partial charge is 0.508 e. The fraction of sp³-hybridized carbons (Fsp3) is 0.143. The van der Waals surface area contributed by atoms with Gasteiger partial charge in [-0.25, -0.2) is 0 Å². The zero-order chi connectivity index (χ0) is 19.0. The summed E-state index contributed by atoms with van der Waals surface area (Å²) in [5.41, 5.74) is 3.87. The van der Waals surface area contributed by atoms with Gasteiger partial charge >= 0.3 is 0 Å². The first kappa shape index (κ1) is 15.7. The molecule has 0 spiro atoms. The second-order valence-corrected chi connectivity index (χ2v) is 7.17. The maximum absolute atomic E-state index is 10.6. The summed E-state index contributed by atoms with van der Waals surface area (Å²) in [6.45, 7) is 0. The third-order valence-corrected chi connectivity index (χ3v) is 5.64. The lowest BCUT2D eigenvalue weighted by atomic mass is 9.72. The molecule has 0 saturated carbocycles. The SMILES string of the molecule is Oc1cc(O)c2c(c1)CC1c3cc(O)c(O)cc3C2c2cc(O)cc(O)c21. The Hall–Kier alpha value is -3.54. The Morgan fingerprint density at radius 3 is 1.85 bits per heavy atom. The molecule has 2 unspecified atom stereocenters. The molecule has 6 nitrogen and oxygen atoms in total. The van der Waals surface area contributed by atoms with Gasteiger partial charge in [-0.3, -0.25) is 0 Å². The van der Waals surface area contributed by atoms with E-state index in [-0.39, 0.29) is 40.4 Å². The van der Waals surface area contributed by atoms with Crippen molar-refractivity contribution in [2.45, 2.75) is 18.3 Å². The first-order valence-corrected chi connectivity index (χ1v) is 8.51. The lowest BCUT2D eigenvalue weighted by Gasteiger charge is -2.32. The molecule has 6 N–H and O–H groups in total. The maximum atomic E-state index is 10.6. The molecule has 0 aromatic heterocycles. The normalized spacial score (nSPS) is 19.1. The van der Waals surface area contributed by atoms with Crippen LogP contribution >= 0.6 is 0 Å². The van der Waals surface area contributed by atoms with Crippen LogP contribution in [0, 0.1) is 0 Å². The van der Waals surface area contributed by atoms with Gasteiger partial charge in [0, 0.05) is 35.1 Å². The van der Waals surface area contributed by atoms with Crippen molar-refractivity contribution in [3.05, 3.63) is 69.8 Å². The minimum atomic E-state index is -0.575. The van der Waals surface area contributed by atoms with Gasteiger partial charge in [0.15, 0.2) is 11.5 Å². The molecule has 0 aliphatic heterocycles. The molecule has 136 valence electrons. The van der Waals surface area contributed by atoms with Gasteiger partial charge in [0.25, 0.3) is 0 Å². The van der Waals surface area contributed by atoms with E-state index in [0.717, 1.165) is 5.56 Å². The van der Waals surface area contributed by atoms with Crippen LogP contribution in [0.3, 0.4) is 0 Å². The van der Waals surface area contributed by atoms with E-state index < -0.39 is 5.92 Å². The molecule has 0 radical (unpaired) electrons. The monoisotopic (exact) mass is 364 g/mol. The van der Waals surface area contributed by atoms with E-state index in [1.807, 2.05) is 0 Å². The Balaban J connectivity index is 1.94. The third kappa shape index (κ3) is 2.01. The number of hydrogen-bond donors (Lipinski definition) is 6. The van der Waals surface area contributed by atoms with Crippen molar-refractivity contribution in [1.29, 1.82) is 0 Å². The van der Waals surface area contributed by atoms with E-state index in [2.05, 4.69) is 0 Å². The van der Waals surface area contributed by atoms with Gasteiger partial charge < -0.3 is 30.6 Å². The molecular weight excluding hydrogens is 348 g/mol. The van der Waals surface area contributed by atoms with Crippen LogP contribution in [0.4, 0.5) is 0 Å². The van der Waals surface area contributed by atoms with Crippen LogP contribution in [0.5, 0.6) is 34.5 Å². The van der Waals surface area contributed by atoms with E-state index in [0.29, 0.717) is 34.2 Å². The molecular formula is C21H16O6. The van der Waals surface area contributed by atoms with Crippen molar-refractivity contribution in [2.75, 3.05) is 0 Å². The highest BCUT2D eigenvalue weighted by Gasteiger charge is 2.42. The smallest absolute Gasteiger partial charge is 0.157 e. The van der Waals surface area contributed by atoms with Gasteiger partial charge in [-0.05, 0) is 52.9 Å². The molecule has 3 aromatic carbocycles. The minimum Gasteiger partial charge on any atom is -0.508 e. The summed E-state index contributed by atoms with van der Waals surface area (Å²) in [7, 11) is 0. The van der Waals surface area contributed by atoms with Gasteiger partial charge in [-0.2, -0.15) is 0 Å². The van der Waals surface area contributed by atoms with Crippen LogP contribution in [0.2, 0.25) is 0 Å². The number of phenols is 6. The quantitative estimate of drug-likeness (QED) is 0.341. The molecule has 0 fully saturated rings. The van der Waals surface area contributed by atoms with Gasteiger partial charge in [0.05, 0.1) is 0 Å². The second-order valence-electron chi connectivity index (χ2n) is 7.17. The molecule has 2 atom stereocenters. The molecule has 6 rings (SSSR count). The predicted molar refractivity (Wildman–Crippen MR) is 95.8 cm³/mol. The Morgan fingerprint density at radius 1 is 0.556 bits per heavy atom. The molecule has 0 amide bonds. The Morgan fingerprint density at radius 2 is 1.15 bits per heavy atom. The van der Waals surface area contributed by atoms with Gasteiger partial charge in [-0.15, -0.1) is 0 Å². The summed E-state index contributed by atoms with van der Waals surface area (Å²) in [6, 6.07) is 8.56. The van der Waals surface area contributed by atoms with Crippen LogP contribution in [-0.4, -0.2) is 30.6 Å². The number of phenolic OH excluding ortho intramolecular Hbond substituents is 6. The summed E-state index contributed by atoms with van der Waals surface area (Å²) in [6.07, 6.45) is 0.371. The third-order valence-electron chi connectivity index (χ3n) is 5.64. The topological polar surface area (TPSA) is 121 Å². The lowest BCUT2D eigenvalue weighted by Crippen LogP contribution is -2.16. The summed E-state index contributed by atoms with van der Waals surface area (Å²) >= 11 is 0. The summed E-state index contributed by atoms with van der Waals surface area (Å²) < 4.78 is 0.